The minimum atomic E-state index is -1.55. The minimum Gasteiger partial charge on any atom is -0.394 e. The normalized spacial score (nSPS) is 22.3. The Morgan fingerprint density at radius 1 is 0.612 bits per heavy atom. The molecule has 1 fully saturated rings. The summed E-state index contributed by atoms with van der Waals surface area (Å²) in [6.07, 6.45) is 25.3. The molecule has 6 N–H and O–H groups in total. The second-order valence-electron chi connectivity index (χ2n) is 14.8. The Morgan fingerprint density at radius 2 is 1.02 bits per heavy atom. The van der Waals surface area contributed by atoms with Crippen molar-refractivity contribution in [2.45, 2.75) is 236 Å². The van der Waals surface area contributed by atoms with E-state index in [1.54, 1.807) is 0 Å². The zero-order valence-corrected chi connectivity index (χ0v) is 31.7. The van der Waals surface area contributed by atoms with Gasteiger partial charge in [0.15, 0.2) is 6.29 Å². The lowest BCUT2D eigenvalue weighted by Crippen LogP contribution is -2.60. The lowest BCUT2D eigenvalue weighted by atomic mass is 9.99. The number of unbranched alkanes of at least 4 members (excludes halogenated alkanes) is 24. The molecule has 2 unspecified atom stereocenters. The molecule has 1 amide bonds. The maximum atomic E-state index is 12.9. The Labute approximate surface area is 300 Å². The molecule has 0 aromatic carbocycles. The Kier molecular flexibility index (Phi) is 30.1. The van der Waals surface area contributed by atoms with Gasteiger partial charge in [0.2, 0.25) is 5.91 Å². The van der Waals surface area contributed by atoms with Crippen molar-refractivity contribution < 1.29 is 39.8 Å². The molecule has 0 radical (unpaired) electrons. The molecule has 1 heterocycles. The van der Waals surface area contributed by atoms with Crippen LogP contribution in [0.25, 0.3) is 0 Å². The summed E-state index contributed by atoms with van der Waals surface area (Å²) in [4.78, 5) is 12.9. The quantitative estimate of drug-likeness (QED) is 0.0376. The highest BCUT2D eigenvalue weighted by Crippen LogP contribution is 2.23. The predicted octanol–water partition coefficient (Wildman–Crippen LogP) is 7.61. The van der Waals surface area contributed by atoms with E-state index in [1.807, 2.05) is 0 Å². The van der Waals surface area contributed by atoms with Crippen molar-refractivity contribution in [3.05, 3.63) is 0 Å². The molecule has 0 aromatic rings. The van der Waals surface area contributed by atoms with Crippen molar-refractivity contribution in [2.75, 3.05) is 13.2 Å². The third-order valence-corrected chi connectivity index (χ3v) is 10.2. The maximum absolute atomic E-state index is 12.9. The summed E-state index contributed by atoms with van der Waals surface area (Å²) in [7, 11) is 0. The van der Waals surface area contributed by atoms with Crippen LogP contribution in [-0.2, 0) is 14.3 Å². The van der Waals surface area contributed by atoms with Gasteiger partial charge < -0.3 is 40.3 Å². The van der Waals surface area contributed by atoms with Crippen molar-refractivity contribution >= 4 is 5.91 Å². The second kappa shape index (κ2) is 31.9. The number of carbonyl (C=O) groups excluding carboxylic acids is 1. The molecular weight excluding hydrogens is 622 g/mol. The molecule has 292 valence electrons. The van der Waals surface area contributed by atoms with Crippen molar-refractivity contribution in [3.8, 4) is 0 Å². The van der Waals surface area contributed by atoms with Crippen LogP contribution < -0.4 is 5.32 Å². The zero-order valence-electron chi connectivity index (χ0n) is 31.7. The molecule has 0 bridgehead atoms. The molecule has 0 saturated carbocycles. The van der Waals surface area contributed by atoms with Crippen LogP contribution in [0.3, 0.4) is 0 Å². The number of aliphatic hydroxyl groups is 5. The Balaban J connectivity index is 2.37. The Bertz CT molecular complexity index is 741. The monoisotopic (exact) mass is 702 g/mol. The molecule has 1 rings (SSSR count). The predicted molar refractivity (Wildman–Crippen MR) is 198 cm³/mol. The third-order valence-electron chi connectivity index (χ3n) is 10.2. The second-order valence-corrected chi connectivity index (χ2v) is 14.8. The highest BCUT2D eigenvalue weighted by molar-refractivity contribution is 5.76. The van der Waals surface area contributed by atoms with Crippen LogP contribution in [0, 0.1) is 0 Å². The van der Waals surface area contributed by atoms with Gasteiger partial charge in [-0.25, -0.2) is 0 Å². The van der Waals surface area contributed by atoms with Crippen molar-refractivity contribution in [1.82, 2.24) is 5.32 Å². The summed E-state index contributed by atoms with van der Waals surface area (Å²) in [5.41, 5.74) is 0. The van der Waals surface area contributed by atoms with Gasteiger partial charge in [-0.2, -0.15) is 0 Å². The number of hydrogen-bond acceptors (Lipinski definition) is 8. The number of rotatable bonds is 34. The zero-order chi connectivity index (χ0) is 36.0. The van der Waals surface area contributed by atoms with Crippen LogP contribution in [0.4, 0.5) is 0 Å². The Morgan fingerprint density at radius 3 is 1.45 bits per heavy atom. The first-order valence-electron chi connectivity index (χ1n) is 20.7. The molecule has 0 aliphatic carbocycles. The van der Waals surface area contributed by atoms with Crippen molar-refractivity contribution in [3.63, 3.8) is 0 Å². The maximum Gasteiger partial charge on any atom is 0.220 e. The summed E-state index contributed by atoms with van der Waals surface area (Å²) >= 11 is 0. The molecule has 1 saturated heterocycles. The summed E-state index contributed by atoms with van der Waals surface area (Å²) in [5.74, 6) is -0.145. The summed E-state index contributed by atoms with van der Waals surface area (Å²) in [5, 5.41) is 54.1. The van der Waals surface area contributed by atoms with Crippen molar-refractivity contribution in [1.29, 1.82) is 0 Å². The molecule has 0 aromatic heterocycles. The van der Waals surface area contributed by atoms with E-state index >= 15 is 0 Å². The first-order chi connectivity index (χ1) is 23.8. The van der Waals surface area contributed by atoms with E-state index in [0.717, 1.165) is 38.5 Å². The van der Waals surface area contributed by atoms with Gasteiger partial charge in [0.1, 0.15) is 24.4 Å². The first kappa shape index (κ1) is 46.2. The fraction of sp³-hybridized carbons (Fsp3) is 0.975. The molecular formula is C40H79NO8. The lowest BCUT2D eigenvalue weighted by Gasteiger charge is -2.40. The fourth-order valence-corrected chi connectivity index (χ4v) is 6.81. The smallest absolute Gasteiger partial charge is 0.220 e. The molecule has 7 atom stereocenters. The number of carbonyl (C=O) groups is 1. The lowest BCUT2D eigenvalue weighted by molar-refractivity contribution is -0.302. The molecule has 9 heteroatoms. The first-order valence-corrected chi connectivity index (χ1v) is 20.7. The van der Waals surface area contributed by atoms with Gasteiger partial charge in [-0.15, -0.1) is 0 Å². The largest absolute Gasteiger partial charge is 0.394 e. The molecule has 1 aliphatic heterocycles. The molecule has 0 spiro atoms. The van der Waals surface area contributed by atoms with Crippen LogP contribution >= 0.6 is 0 Å². The van der Waals surface area contributed by atoms with Crippen LogP contribution in [0.1, 0.15) is 194 Å². The van der Waals surface area contributed by atoms with E-state index in [1.165, 1.54) is 128 Å². The average molecular weight is 702 g/mol. The standard InChI is InChI=1S/C40H79NO8/c1-3-5-7-9-11-13-15-16-17-18-20-21-23-25-27-29-34(43)33(32-48-40-39(47)38(46)37(45)35(31-42)49-40)41-36(44)30-28-26-24-22-19-14-12-10-8-6-4-2/h33-35,37-40,42-43,45-47H,3-32H2,1-2H3,(H,41,44)/t33-,34+,35+,37+,38?,39?,40+/m0/s1. The number of nitrogens with one attached hydrogen (secondary N) is 1. The van der Waals surface area contributed by atoms with Crippen LogP contribution in [0.2, 0.25) is 0 Å². The van der Waals surface area contributed by atoms with E-state index in [2.05, 4.69) is 19.2 Å². The van der Waals surface area contributed by atoms with Gasteiger partial charge in [0.05, 0.1) is 25.4 Å². The minimum absolute atomic E-state index is 0.132. The highest BCUT2D eigenvalue weighted by atomic mass is 16.7. The topological polar surface area (TPSA) is 149 Å². The number of hydrogen-bond donors (Lipinski definition) is 6. The van der Waals surface area contributed by atoms with E-state index in [0.29, 0.717) is 12.8 Å². The van der Waals surface area contributed by atoms with Gasteiger partial charge in [-0.3, -0.25) is 4.79 Å². The van der Waals surface area contributed by atoms with Gasteiger partial charge in [-0.1, -0.05) is 174 Å². The van der Waals surface area contributed by atoms with Gasteiger partial charge >= 0.3 is 0 Å². The molecule has 9 nitrogen and oxygen atoms in total. The van der Waals surface area contributed by atoms with Gasteiger partial charge in [0, 0.05) is 6.42 Å². The average Bonchev–Trinajstić information content (AvgIpc) is 3.10. The molecule has 1 aliphatic rings. The summed E-state index contributed by atoms with van der Waals surface area (Å²) in [6, 6.07) is -0.709. The van der Waals surface area contributed by atoms with Crippen LogP contribution in [-0.4, -0.2) is 87.5 Å². The van der Waals surface area contributed by atoms with Gasteiger partial charge in [-0.05, 0) is 12.8 Å². The van der Waals surface area contributed by atoms with Crippen LogP contribution in [0.15, 0.2) is 0 Å². The molecule has 49 heavy (non-hydrogen) atoms. The summed E-state index contributed by atoms with van der Waals surface area (Å²) < 4.78 is 11.2. The van der Waals surface area contributed by atoms with Crippen LogP contribution in [0.5, 0.6) is 0 Å². The fourth-order valence-electron chi connectivity index (χ4n) is 6.81. The summed E-state index contributed by atoms with van der Waals surface area (Å²) in [6.45, 7) is 3.82. The van der Waals surface area contributed by atoms with E-state index in [9.17, 15) is 30.3 Å². The van der Waals surface area contributed by atoms with E-state index in [4.69, 9.17) is 9.47 Å². The van der Waals surface area contributed by atoms with E-state index in [-0.39, 0.29) is 12.5 Å². The SMILES string of the molecule is CCCCCCCCCCCCCCCCC[C@@H](O)[C@H](CO[C@@H]1O[C@H](CO)[C@@H](O)C(O)C1O)NC(=O)CCCCCCCCCCCCC. The van der Waals surface area contributed by atoms with Gasteiger partial charge in [0.25, 0.3) is 0 Å². The van der Waals surface area contributed by atoms with E-state index < -0.39 is 49.5 Å². The number of aliphatic hydroxyl groups excluding tert-OH is 5. The highest BCUT2D eigenvalue weighted by Gasteiger charge is 2.44. The third kappa shape index (κ3) is 23.4. The van der Waals surface area contributed by atoms with Crippen molar-refractivity contribution in [2.24, 2.45) is 0 Å². The number of amides is 1. The number of ether oxygens (including phenoxy) is 2. The Hall–Kier alpha value is -0.810.